The maximum absolute atomic E-state index is 14.7. The van der Waals surface area contributed by atoms with Crippen molar-refractivity contribution in [2.45, 2.75) is 51.5 Å². The van der Waals surface area contributed by atoms with E-state index in [-0.39, 0.29) is 17.9 Å². The van der Waals surface area contributed by atoms with Gasteiger partial charge in [0.2, 0.25) is 0 Å². The number of fused-ring (bicyclic) bond motifs is 1. The summed E-state index contributed by atoms with van der Waals surface area (Å²) < 4.78 is 28.7. The molecular weight excluding hydrogens is 346 g/mol. The normalized spacial score (nSPS) is 20.2. The van der Waals surface area contributed by atoms with Gasteiger partial charge in [-0.25, -0.2) is 8.78 Å². The molecular formula is C19H19ClF2N2O. The van der Waals surface area contributed by atoms with Gasteiger partial charge in [-0.2, -0.15) is 0 Å². The van der Waals surface area contributed by atoms with Gasteiger partial charge in [0.15, 0.2) is 11.6 Å². The number of rotatable bonds is 2. The molecule has 1 aliphatic rings. The average Bonchev–Trinajstić information content (AvgIpc) is 2.83. The van der Waals surface area contributed by atoms with Gasteiger partial charge in [-0.15, -0.1) is 0 Å². The number of H-pyrrole nitrogens is 1. The number of carbonyl (C=O) groups is 1. The number of aromatic nitrogens is 1. The quantitative estimate of drug-likeness (QED) is 0.753. The number of halogens is 3. The number of benzene rings is 1. The Morgan fingerprint density at radius 2 is 2.16 bits per heavy atom. The Morgan fingerprint density at radius 1 is 1.40 bits per heavy atom. The van der Waals surface area contributed by atoms with Crippen molar-refractivity contribution < 1.29 is 13.6 Å². The van der Waals surface area contributed by atoms with Gasteiger partial charge < -0.3 is 10.3 Å². The van der Waals surface area contributed by atoms with E-state index in [1.54, 1.807) is 13.8 Å². The largest absolute Gasteiger partial charge is 0.357 e. The first-order valence-electron chi connectivity index (χ1n) is 8.31. The van der Waals surface area contributed by atoms with Crippen molar-refractivity contribution in [1.29, 1.82) is 0 Å². The monoisotopic (exact) mass is 364 g/mol. The maximum atomic E-state index is 14.7. The van der Waals surface area contributed by atoms with Crippen molar-refractivity contribution >= 4 is 28.4 Å². The Balaban J connectivity index is 1.99. The lowest BCUT2D eigenvalue weighted by atomic mass is 9.80. The van der Waals surface area contributed by atoms with E-state index in [1.165, 1.54) is 0 Å². The highest BCUT2D eigenvalue weighted by molar-refractivity contribution is 6.36. The van der Waals surface area contributed by atoms with Gasteiger partial charge in [0.1, 0.15) is 0 Å². The van der Waals surface area contributed by atoms with Gasteiger partial charge in [-0.05, 0) is 44.9 Å². The van der Waals surface area contributed by atoms with Gasteiger partial charge in [0, 0.05) is 28.8 Å². The molecule has 1 fully saturated rings. The first kappa shape index (κ1) is 17.8. The highest BCUT2D eigenvalue weighted by Gasteiger charge is 2.30. The van der Waals surface area contributed by atoms with Crippen LogP contribution in [0.1, 0.15) is 49.8 Å². The minimum atomic E-state index is -0.886. The molecule has 1 amide bonds. The molecule has 2 atom stereocenters. The molecule has 0 saturated heterocycles. The molecule has 0 radical (unpaired) electrons. The molecule has 1 heterocycles. The Bertz CT molecular complexity index is 894. The Kier molecular flexibility index (Phi) is 5.01. The molecule has 0 aliphatic heterocycles. The smallest absolute Gasteiger partial charge is 0.296 e. The third kappa shape index (κ3) is 3.36. The van der Waals surface area contributed by atoms with Gasteiger partial charge in [0.05, 0.1) is 10.5 Å². The van der Waals surface area contributed by atoms with E-state index in [0.717, 1.165) is 25.3 Å². The summed E-state index contributed by atoms with van der Waals surface area (Å²) in [6.07, 6.45) is 2.87. The predicted molar refractivity (Wildman–Crippen MR) is 94.6 cm³/mol. The average molecular weight is 365 g/mol. The second-order valence-corrected chi connectivity index (χ2v) is 6.86. The van der Waals surface area contributed by atoms with E-state index in [1.807, 2.05) is 0 Å². The fraction of sp³-hybridized carbons (Fsp3) is 0.421. The topological polar surface area (TPSA) is 44.9 Å². The lowest BCUT2D eigenvalue weighted by Crippen LogP contribution is -2.37. The molecule has 1 aromatic heterocycles. The summed E-state index contributed by atoms with van der Waals surface area (Å²) in [6, 6.07) is 1.04. The molecule has 1 saturated carbocycles. The number of aryl methyl sites for hydroxylation is 1. The summed E-state index contributed by atoms with van der Waals surface area (Å²) in [6.45, 7) is 3.37. The lowest BCUT2D eigenvalue weighted by molar-refractivity contribution is -0.116. The summed E-state index contributed by atoms with van der Waals surface area (Å²) >= 11 is 6.34. The zero-order valence-corrected chi connectivity index (χ0v) is 14.9. The standard InChI is InChI=1S/C19H19ClF2N2O/c1-3-5-15(25)24-12-7-4-6-11(8-12)16-17-14(9-13(21)19(16)22)23-10(2)18(17)20/h9,11-12,23H,4,6-8H2,1-2H3,(H,24,25)/t11-,12+/m0/s1. The number of amides is 1. The van der Waals surface area contributed by atoms with Gasteiger partial charge in [-0.1, -0.05) is 23.9 Å². The van der Waals surface area contributed by atoms with Crippen LogP contribution in [0, 0.1) is 30.4 Å². The van der Waals surface area contributed by atoms with Gasteiger partial charge in [0.25, 0.3) is 5.91 Å². The Labute approximate surface area is 150 Å². The molecule has 25 heavy (non-hydrogen) atoms. The highest BCUT2D eigenvalue weighted by atomic mass is 35.5. The fourth-order valence-corrected chi connectivity index (χ4v) is 3.98. The van der Waals surface area contributed by atoms with Crippen LogP contribution in [0.15, 0.2) is 6.07 Å². The SMILES string of the molecule is CC#CC(=O)N[C@@H]1CCC[C@H](c2c(F)c(F)cc3[nH]c(C)c(Cl)c23)C1. The zero-order valence-electron chi connectivity index (χ0n) is 14.1. The van der Waals surface area contributed by atoms with E-state index >= 15 is 0 Å². The van der Waals surface area contributed by atoms with Gasteiger partial charge >= 0.3 is 0 Å². The fourth-order valence-electron chi connectivity index (χ4n) is 3.73. The molecule has 1 aromatic carbocycles. The van der Waals surface area contributed by atoms with Crippen LogP contribution >= 0.6 is 11.6 Å². The molecule has 3 nitrogen and oxygen atoms in total. The molecule has 2 N–H and O–H groups in total. The third-order valence-electron chi connectivity index (χ3n) is 4.78. The number of hydrogen-bond acceptors (Lipinski definition) is 1. The highest BCUT2D eigenvalue weighted by Crippen LogP contribution is 2.42. The Hall–Kier alpha value is -2.06. The minimum absolute atomic E-state index is 0.108. The molecule has 3 rings (SSSR count). The molecule has 2 aromatic rings. The van der Waals surface area contributed by atoms with Crippen LogP contribution < -0.4 is 5.32 Å². The number of aromatic amines is 1. The summed E-state index contributed by atoms with van der Waals surface area (Å²) in [5.74, 6) is 2.73. The first-order chi connectivity index (χ1) is 11.9. The van der Waals surface area contributed by atoms with E-state index in [2.05, 4.69) is 22.1 Å². The molecule has 0 unspecified atom stereocenters. The van der Waals surface area contributed by atoms with Crippen LogP contribution in [0.2, 0.25) is 5.02 Å². The van der Waals surface area contributed by atoms with Crippen LogP contribution in [0.5, 0.6) is 0 Å². The summed E-state index contributed by atoms with van der Waals surface area (Å²) in [4.78, 5) is 14.7. The van der Waals surface area contributed by atoms with Crippen LogP contribution in [0.3, 0.4) is 0 Å². The molecule has 1 aliphatic carbocycles. The van der Waals surface area contributed by atoms with Crippen molar-refractivity contribution in [1.82, 2.24) is 10.3 Å². The second kappa shape index (κ2) is 7.05. The Morgan fingerprint density at radius 3 is 2.88 bits per heavy atom. The molecule has 6 heteroatoms. The number of hydrogen-bond donors (Lipinski definition) is 2. The van der Waals surface area contributed by atoms with Crippen molar-refractivity contribution in [3.05, 3.63) is 34.0 Å². The lowest BCUT2D eigenvalue weighted by Gasteiger charge is -2.30. The summed E-state index contributed by atoms with van der Waals surface area (Å²) in [7, 11) is 0. The van der Waals surface area contributed by atoms with E-state index in [0.29, 0.717) is 33.6 Å². The van der Waals surface area contributed by atoms with Crippen molar-refractivity contribution in [2.75, 3.05) is 0 Å². The molecule has 0 spiro atoms. The number of carbonyl (C=O) groups excluding carboxylic acids is 1. The van der Waals surface area contributed by atoms with Gasteiger partial charge in [-0.3, -0.25) is 4.79 Å². The summed E-state index contributed by atoms with van der Waals surface area (Å²) in [5, 5.41) is 3.82. The van der Waals surface area contributed by atoms with E-state index in [4.69, 9.17) is 11.6 Å². The second-order valence-electron chi connectivity index (χ2n) is 6.48. The van der Waals surface area contributed by atoms with Crippen molar-refractivity contribution in [2.24, 2.45) is 0 Å². The minimum Gasteiger partial charge on any atom is -0.357 e. The van der Waals surface area contributed by atoms with Crippen molar-refractivity contribution in [3.8, 4) is 11.8 Å². The zero-order chi connectivity index (χ0) is 18.1. The van der Waals surface area contributed by atoms with Crippen LogP contribution in [-0.4, -0.2) is 16.9 Å². The number of nitrogens with one attached hydrogen (secondary N) is 2. The molecule has 0 bridgehead atoms. The molecule has 132 valence electrons. The first-order valence-corrected chi connectivity index (χ1v) is 8.69. The van der Waals surface area contributed by atoms with E-state index in [9.17, 15) is 13.6 Å². The maximum Gasteiger partial charge on any atom is 0.296 e. The predicted octanol–water partition coefficient (Wildman–Crippen LogP) is 4.57. The summed E-state index contributed by atoms with van der Waals surface area (Å²) in [5.41, 5.74) is 1.49. The van der Waals surface area contributed by atoms with Crippen LogP contribution in [0.4, 0.5) is 8.78 Å². The van der Waals surface area contributed by atoms with Crippen LogP contribution in [0.25, 0.3) is 10.9 Å². The van der Waals surface area contributed by atoms with Crippen LogP contribution in [-0.2, 0) is 4.79 Å². The van der Waals surface area contributed by atoms with E-state index < -0.39 is 11.6 Å². The third-order valence-corrected chi connectivity index (χ3v) is 5.26. The van der Waals surface area contributed by atoms with Crippen molar-refractivity contribution in [3.63, 3.8) is 0 Å².